The molecule has 188 valence electrons. The first-order valence-electron chi connectivity index (χ1n) is 14.5. The van der Waals surface area contributed by atoms with Gasteiger partial charge in [-0.05, 0) is 91.3 Å². The summed E-state index contributed by atoms with van der Waals surface area (Å²) >= 11 is 2.12. The van der Waals surface area contributed by atoms with E-state index in [9.17, 15) is 0 Å². The van der Waals surface area contributed by atoms with Crippen LogP contribution in [0.1, 0.15) is 113 Å². The molecule has 4 aliphatic carbocycles. The highest BCUT2D eigenvalue weighted by Gasteiger charge is 2.64. The Bertz CT molecular complexity index is 761. The Morgan fingerprint density at radius 3 is 2.45 bits per heavy atom. The molecule has 1 aliphatic heterocycles. The lowest BCUT2D eigenvalue weighted by Gasteiger charge is -2.63. The number of hydrogen-bond acceptors (Lipinski definition) is 2. The molecule has 0 unspecified atom stereocenters. The van der Waals surface area contributed by atoms with Crippen molar-refractivity contribution in [2.75, 3.05) is 12.4 Å². The molecule has 0 aromatic rings. The second kappa shape index (κ2) is 8.57. The van der Waals surface area contributed by atoms with Crippen LogP contribution in [0.15, 0.2) is 11.6 Å². The first kappa shape index (κ1) is 24.7. The molecule has 3 saturated carbocycles. The Hall–Kier alpha value is 0.0500. The minimum atomic E-state index is 0.0399. The van der Waals surface area contributed by atoms with Crippen LogP contribution in [0.2, 0.25) is 0 Å². The summed E-state index contributed by atoms with van der Waals surface area (Å²) in [5.74, 6) is 6.68. The Morgan fingerprint density at radius 2 is 1.76 bits per heavy atom. The molecule has 0 amide bonds. The van der Waals surface area contributed by atoms with Crippen molar-refractivity contribution in [2.45, 2.75) is 118 Å². The van der Waals surface area contributed by atoms with Gasteiger partial charge in [0, 0.05) is 11.2 Å². The summed E-state index contributed by atoms with van der Waals surface area (Å²) in [7, 11) is 0. The minimum absolute atomic E-state index is 0.0399. The first-order chi connectivity index (χ1) is 15.6. The minimum Gasteiger partial charge on any atom is -0.363 e. The lowest BCUT2D eigenvalue weighted by Crippen LogP contribution is -2.57. The Balaban J connectivity index is 1.37. The number of thioether (sulfide) groups is 1. The van der Waals surface area contributed by atoms with Gasteiger partial charge in [0.25, 0.3) is 0 Å². The third-order valence-corrected chi connectivity index (χ3v) is 13.7. The van der Waals surface area contributed by atoms with Crippen LogP contribution in [0.3, 0.4) is 0 Å². The second-order valence-corrected chi connectivity index (χ2v) is 15.6. The SMILES string of the molecule is CC(C)CCC[C@@H](C)[C@H]1CC[C@H]2[C@@H]3CC=C4C(C)(C)[C@]5(CC[C@]4(C)[C@H]3CC[C@]12C)OCCS5. The predicted octanol–water partition coefficient (Wildman–Crippen LogP) is 9.12. The van der Waals surface area contributed by atoms with E-state index in [0.29, 0.717) is 10.8 Å². The molecular formula is C31H52OS. The third kappa shape index (κ3) is 3.65. The molecule has 1 nitrogen and oxygen atoms in total. The summed E-state index contributed by atoms with van der Waals surface area (Å²) in [4.78, 5) is 0.0399. The van der Waals surface area contributed by atoms with Crippen LogP contribution in [-0.4, -0.2) is 17.3 Å². The smallest absolute Gasteiger partial charge is 0.122 e. The van der Waals surface area contributed by atoms with Gasteiger partial charge >= 0.3 is 0 Å². The van der Waals surface area contributed by atoms with Crippen LogP contribution in [0.4, 0.5) is 0 Å². The van der Waals surface area contributed by atoms with E-state index in [1.165, 1.54) is 70.0 Å². The van der Waals surface area contributed by atoms with Gasteiger partial charge < -0.3 is 4.74 Å². The highest BCUT2D eigenvalue weighted by atomic mass is 32.2. The molecule has 0 radical (unpaired) electrons. The molecule has 4 fully saturated rings. The molecule has 1 spiro atoms. The van der Waals surface area contributed by atoms with Gasteiger partial charge in [0.15, 0.2) is 0 Å². The van der Waals surface area contributed by atoms with Gasteiger partial charge in [0.05, 0.1) is 6.61 Å². The van der Waals surface area contributed by atoms with Crippen molar-refractivity contribution < 1.29 is 4.74 Å². The molecule has 0 N–H and O–H groups in total. The van der Waals surface area contributed by atoms with Gasteiger partial charge in [-0.3, -0.25) is 0 Å². The zero-order valence-electron chi connectivity index (χ0n) is 22.8. The molecule has 5 rings (SSSR count). The normalized spacial score (nSPS) is 47.2. The van der Waals surface area contributed by atoms with Crippen LogP contribution in [-0.2, 0) is 4.74 Å². The number of rotatable bonds is 5. The highest BCUT2D eigenvalue weighted by molar-refractivity contribution is 8.00. The van der Waals surface area contributed by atoms with Crippen molar-refractivity contribution in [3.63, 3.8) is 0 Å². The number of allylic oxidation sites excluding steroid dienone is 1. The summed E-state index contributed by atoms with van der Waals surface area (Å²) < 4.78 is 6.52. The number of fused-ring (bicyclic) bond motifs is 5. The van der Waals surface area contributed by atoms with E-state index in [1.54, 1.807) is 5.57 Å². The van der Waals surface area contributed by atoms with Gasteiger partial charge in [-0.25, -0.2) is 0 Å². The van der Waals surface area contributed by atoms with Gasteiger partial charge in [0.2, 0.25) is 0 Å². The number of hydrogen-bond donors (Lipinski definition) is 0. The zero-order valence-corrected chi connectivity index (χ0v) is 23.7. The van der Waals surface area contributed by atoms with Crippen molar-refractivity contribution >= 4 is 11.8 Å². The maximum absolute atomic E-state index is 6.52. The van der Waals surface area contributed by atoms with Crippen molar-refractivity contribution in [1.29, 1.82) is 0 Å². The summed E-state index contributed by atoms with van der Waals surface area (Å²) in [5.41, 5.74) is 2.93. The molecule has 33 heavy (non-hydrogen) atoms. The second-order valence-electron chi connectivity index (χ2n) is 14.3. The fourth-order valence-corrected chi connectivity index (χ4v) is 11.7. The molecule has 2 heteroatoms. The van der Waals surface area contributed by atoms with Gasteiger partial charge in [0.1, 0.15) is 4.93 Å². The van der Waals surface area contributed by atoms with Crippen molar-refractivity contribution in [2.24, 2.45) is 51.8 Å². The average Bonchev–Trinajstić information content (AvgIpc) is 3.36. The van der Waals surface area contributed by atoms with Crippen molar-refractivity contribution in [3.8, 4) is 0 Å². The van der Waals surface area contributed by atoms with Gasteiger partial charge in [-0.2, -0.15) is 0 Å². The average molecular weight is 473 g/mol. The van der Waals surface area contributed by atoms with Crippen molar-refractivity contribution in [3.05, 3.63) is 11.6 Å². The molecule has 5 aliphatic rings. The standard InChI is InChI=1S/C31H52OS/c1-21(2)9-8-10-22(3)24-12-13-25-23-11-14-27-28(4,5)31(32-19-20-33-31)18-17-30(27,7)26(23)15-16-29(24,25)6/h14,21-26H,8-13,15-20H2,1-7H3/t22-,23+,24-,25+,26+,29-,30-,31-/m1/s1. The lowest BCUT2D eigenvalue weighted by atomic mass is 9.44. The van der Waals surface area contributed by atoms with Crippen LogP contribution in [0.25, 0.3) is 0 Å². The van der Waals surface area contributed by atoms with E-state index in [0.717, 1.165) is 42.1 Å². The largest absolute Gasteiger partial charge is 0.363 e. The van der Waals surface area contributed by atoms with E-state index < -0.39 is 0 Å². The topological polar surface area (TPSA) is 9.23 Å². The summed E-state index contributed by atoms with van der Waals surface area (Å²) in [6.07, 6.45) is 16.9. The van der Waals surface area contributed by atoms with E-state index in [2.05, 4.69) is 66.3 Å². The van der Waals surface area contributed by atoms with E-state index in [-0.39, 0.29) is 10.3 Å². The maximum atomic E-state index is 6.52. The third-order valence-electron chi connectivity index (χ3n) is 12.0. The van der Waals surface area contributed by atoms with Gasteiger partial charge in [-0.15, -0.1) is 11.8 Å². The molecule has 8 atom stereocenters. The molecule has 1 heterocycles. The molecule has 1 saturated heterocycles. The van der Waals surface area contributed by atoms with Crippen molar-refractivity contribution in [1.82, 2.24) is 0 Å². The molecular weight excluding hydrogens is 420 g/mol. The van der Waals surface area contributed by atoms with E-state index in [1.807, 2.05) is 0 Å². The fourth-order valence-electron chi connectivity index (χ4n) is 10.3. The summed E-state index contributed by atoms with van der Waals surface area (Å²) in [6, 6.07) is 0. The lowest BCUT2D eigenvalue weighted by molar-refractivity contribution is -0.102. The monoisotopic (exact) mass is 472 g/mol. The maximum Gasteiger partial charge on any atom is 0.122 e. The quantitative estimate of drug-likeness (QED) is 0.369. The van der Waals surface area contributed by atoms with E-state index in [4.69, 9.17) is 4.74 Å². The highest BCUT2D eigenvalue weighted by Crippen LogP contribution is 2.71. The van der Waals surface area contributed by atoms with Crippen LogP contribution >= 0.6 is 11.8 Å². The molecule has 0 bridgehead atoms. The summed E-state index contributed by atoms with van der Waals surface area (Å²) in [5, 5.41) is 0. The Morgan fingerprint density at radius 1 is 0.970 bits per heavy atom. The Kier molecular flexibility index (Phi) is 6.42. The van der Waals surface area contributed by atoms with Crippen LogP contribution in [0.5, 0.6) is 0 Å². The predicted molar refractivity (Wildman–Crippen MR) is 143 cm³/mol. The first-order valence-corrected chi connectivity index (χ1v) is 15.5. The van der Waals surface area contributed by atoms with Gasteiger partial charge in [-0.1, -0.05) is 79.4 Å². The molecule has 0 aromatic carbocycles. The molecule has 0 aromatic heterocycles. The number of ether oxygens (including phenoxy) is 1. The van der Waals surface area contributed by atoms with Crippen LogP contribution in [0, 0.1) is 51.8 Å². The zero-order chi connectivity index (χ0) is 23.6. The Labute approximate surface area is 209 Å². The van der Waals surface area contributed by atoms with E-state index >= 15 is 0 Å². The van der Waals surface area contributed by atoms with Crippen LogP contribution < -0.4 is 0 Å². The summed E-state index contributed by atoms with van der Waals surface area (Å²) in [6.45, 7) is 18.8. The fraction of sp³-hybridized carbons (Fsp3) is 0.935.